The van der Waals surface area contributed by atoms with Crippen molar-refractivity contribution in [3.8, 4) is 0 Å². The lowest BCUT2D eigenvalue weighted by atomic mass is 10.2. The van der Waals surface area contributed by atoms with Gasteiger partial charge in [0, 0.05) is 4.88 Å². The fourth-order valence-corrected chi connectivity index (χ4v) is 4.03. The van der Waals surface area contributed by atoms with Crippen LogP contribution in [0.15, 0.2) is 28.6 Å². The molecule has 0 aliphatic carbocycles. The standard InChI is InChI=1S/C16H16N2O3S2/c1-9(2)21-16(20)13-10(3)12-14(23-13)17-8-18(15(12)19)7-11-5-4-6-22-11/h4-6,8-9H,7H2,1-3H3. The molecule has 0 N–H and O–H groups in total. The van der Waals surface area contributed by atoms with E-state index in [9.17, 15) is 9.59 Å². The number of thiophene rings is 2. The van der Waals surface area contributed by atoms with Gasteiger partial charge in [-0.1, -0.05) is 6.07 Å². The van der Waals surface area contributed by atoms with Crippen LogP contribution in [0.5, 0.6) is 0 Å². The molecule has 0 saturated heterocycles. The van der Waals surface area contributed by atoms with Gasteiger partial charge in [-0.2, -0.15) is 0 Å². The highest BCUT2D eigenvalue weighted by Gasteiger charge is 2.21. The average Bonchev–Trinajstić information content (AvgIpc) is 3.09. The van der Waals surface area contributed by atoms with E-state index < -0.39 is 5.97 Å². The summed E-state index contributed by atoms with van der Waals surface area (Å²) in [4.78, 5) is 31.3. The van der Waals surface area contributed by atoms with Gasteiger partial charge in [-0.15, -0.1) is 22.7 Å². The van der Waals surface area contributed by atoms with Gasteiger partial charge in [0.2, 0.25) is 0 Å². The second-order valence-corrected chi connectivity index (χ2v) is 7.48. The first-order chi connectivity index (χ1) is 11.0. The lowest BCUT2D eigenvalue weighted by molar-refractivity contribution is 0.0383. The number of carbonyl (C=O) groups is 1. The Labute approximate surface area is 141 Å². The van der Waals surface area contributed by atoms with Crippen LogP contribution < -0.4 is 5.56 Å². The maximum Gasteiger partial charge on any atom is 0.348 e. The highest BCUT2D eigenvalue weighted by Crippen LogP contribution is 2.27. The molecule has 3 aromatic heterocycles. The summed E-state index contributed by atoms with van der Waals surface area (Å²) in [5.74, 6) is -0.398. The Bertz CT molecular complexity index is 907. The number of hydrogen-bond acceptors (Lipinski definition) is 6. The van der Waals surface area contributed by atoms with E-state index >= 15 is 0 Å². The van der Waals surface area contributed by atoms with Gasteiger partial charge < -0.3 is 4.74 Å². The molecule has 3 aromatic rings. The van der Waals surface area contributed by atoms with Crippen LogP contribution in [0.1, 0.15) is 34.0 Å². The number of ether oxygens (including phenoxy) is 1. The SMILES string of the molecule is Cc1c(C(=O)OC(C)C)sc2ncn(Cc3cccs3)c(=O)c12. The Hall–Kier alpha value is -1.99. The molecule has 3 heterocycles. The number of aromatic nitrogens is 2. The smallest absolute Gasteiger partial charge is 0.348 e. The van der Waals surface area contributed by atoms with Gasteiger partial charge in [0.25, 0.3) is 5.56 Å². The molecule has 0 fully saturated rings. The van der Waals surface area contributed by atoms with Crippen molar-refractivity contribution in [1.82, 2.24) is 9.55 Å². The third kappa shape index (κ3) is 3.07. The zero-order chi connectivity index (χ0) is 16.6. The Morgan fingerprint density at radius 2 is 2.22 bits per heavy atom. The topological polar surface area (TPSA) is 61.2 Å². The third-order valence-corrected chi connectivity index (χ3v) is 5.39. The van der Waals surface area contributed by atoms with Gasteiger partial charge >= 0.3 is 5.97 Å². The van der Waals surface area contributed by atoms with Crippen molar-refractivity contribution in [3.05, 3.63) is 49.5 Å². The molecule has 7 heteroatoms. The Balaban J connectivity index is 2.05. The van der Waals surface area contributed by atoms with E-state index in [4.69, 9.17) is 4.74 Å². The van der Waals surface area contributed by atoms with Crippen molar-refractivity contribution >= 4 is 38.9 Å². The van der Waals surface area contributed by atoms with Crippen LogP contribution >= 0.6 is 22.7 Å². The second-order valence-electron chi connectivity index (χ2n) is 5.45. The number of nitrogens with zero attached hydrogens (tertiary/aromatic N) is 2. The summed E-state index contributed by atoms with van der Waals surface area (Å²) in [6.07, 6.45) is 1.34. The Morgan fingerprint density at radius 1 is 1.43 bits per heavy atom. The maximum absolute atomic E-state index is 12.7. The van der Waals surface area contributed by atoms with Crippen LogP contribution in [0.3, 0.4) is 0 Å². The molecule has 0 unspecified atom stereocenters. The van der Waals surface area contributed by atoms with Gasteiger partial charge in [-0.3, -0.25) is 9.36 Å². The number of hydrogen-bond donors (Lipinski definition) is 0. The molecule has 0 saturated carbocycles. The molecule has 0 aliphatic heterocycles. The third-order valence-electron chi connectivity index (χ3n) is 3.35. The molecule has 120 valence electrons. The summed E-state index contributed by atoms with van der Waals surface area (Å²) >= 11 is 2.80. The number of fused-ring (bicyclic) bond motifs is 1. The van der Waals surface area contributed by atoms with Crippen LogP contribution in [-0.4, -0.2) is 21.6 Å². The molecule has 0 bridgehead atoms. The maximum atomic E-state index is 12.7. The minimum atomic E-state index is -0.398. The van der Waals surface area contributed by atoms with Crippen LogP contribution in [0.4, 0.5) is 0 Å². The fourth-order valence-electron chi connectivity index (χ4n) is 2.30. The first-order valence-corrected chi connectivity index (χ1v) is 8.89. The first kappa shape index (κ1) is 15.9. The highest BCUT2D eigenvalue weighted by atomic mass is 32.1. The van der Waals surface area contributed by atoms with Gasteiger partial charge in [0.05, 0.1) is 24.4 Å². The van der Waals surface area contributed by atoms with Crippen molar-refractivity contribution < 1.29 is 9.53 Å². The Kier molecular flexibility index (Phi) is 4.32. The lowest BCUT2D eigenvalue weighted by Gasteiger charge is -2.06. The monoisotopic (exact) mass is 348 g/mol. The van der Waals surface area contributed by atoms with Gasteiger partial charge in [0.1, 0.15) is 9.71 Å². The van der Waals surface area contributed by atoms with E-state index in [1.165, 1.54) is 17.7 Å². The van der Waals surface area contributed by atoms with Crippen LogP contribution in [0.25, 0.3) is 10.2 Å². The lowest BCUT2D eigenvalue weighted by Crippen LogP contribution is -2.20. The molecule has 0 aliphatic rings. The predicted octanol–water partition coefficient (Wildman–Crippen LogP) is 3.44. The molecule has 0 radical (unpaired) electrons. The molecule has 23 heavy (non-hydrogen) atoms. The normalized spacial score (nSPS) is 11.3. The van der Waals surface area contributed by atoms with Crippen molar-refractivity contribution in [2.24, 2.45) is 0 Å². The van der Waals surface area contributed by atoms with Crippen LogP contribution in [0.2, 0.25) is 0 Å². The zero-order valence-electron chi connectivity index (χ0n) is 13.0. The zero-order valence-corrected chi connectivity index (χ0v) is 14.7. The van der Waals surface area contributed by atoms with Crippen LogP contribution in [0, 0.1) is 6.92 Å². The van der Waals surface area contributed by atoms with Crippen molar-refractivity contribution in [3.63, 3.8) is 0 Å². The molecular formula is C16H16N2O3S2. The number of rotatable bonds is 4. The van der Waals surface area contributed by atoms with E-state index in [1.54, 1.807) is 36.7 Å². The van der Waals surface area contributed by atoms with Crippen molar-refractivity contribution in [2.45, 2.75) is 33.4 Å². The van der Waals surface area contributed by atoms with Crippen molar-refractivity contribution in [1.29, 1.82) is 0 Å². The molecule has 0 aromatic carbocycles. The van der Waals surface area contributed by atoms with Gasteiger partial charge in [-0.05, 0) is 37.8 Å². The number of esters is 1. The van der Waals surface area contributed by atoms with E-state index in [2.05, 4.69) is 4.98 Å². The Morgan fingerprint density at radius 3 is 2.87 bits per heavy atom. The summed E-state index contributed by atoms with van der Waals surface area (Å²) in [5.41, 5.74) is 0.523. The van der Waals surface area contributed by atoms with Gasteiger partial charge in [0.15, 0.2) is 0 Å². The molecule has 5 nitrogen and oxygen atoms in total. The fraction of sp³-hybridized carbons (Fsp3) is 0.312. The number of aryl methyl sites for hydroxylation is 1. The van der Waals surface area contributed by atoms with E-state index in [0.717, 1.165) is 4.88 Å². The highest BCUT2D eigenvalue weighted by molar-refractivity contribution is 7.20. The van der Waals surface area contributed by atoms with E-state index in [-0.39, 0.29) is 11.7 Å². The molecule has 0 atom stereocenters. The number of carbonyl (C=O) groups excluding carboxylic acids is 1. The summed E-state index contributed by atoms with van der Waals surface area (Å²) in [6.45, 7) is 5.86. The largest absolute Gasteiger partial charge is 0.459 e. The average molecular weight is 348 g/mol. The molecule has 0 spiro atoms. The van der Waals surface area contributed by atoms with E-state index in [0.29, 0.717) is 27.2 Å². The van der Waals surface area contributed by atoms with Crippen molar-refractivity contribution in [2.75, 3.05) is 0 Å². The molecule has 3 rings (SSSR count). The summed E-state index contributed by atoms with van der Waals surface area (Å²) in [7, 11) is 0. The van der Waals surface area contributed by atoms with Crippen LogP contribution in [-0.2, 0) is 11.3 Å². The summed E-state index contributed by atoms with van der Waals surface area (Å²) in [5, 5.41) is 2.48. The van der Waals surface area contributed by atoms with E-state index in [1.807, 2.05) is 17.5 Å². The minimum absolute atomic E-state index is 0.124. The molecular weight excluding hydrogens is 332 g/mol. The predicted molar refractivity (Wildman–Crippen MR) is 92.6 cm³/mol. The minimum Gasteiger partial charge on any atom is -0.459 e. The molecule has 0 amide bonds. The van der Waals surface area contributed by atoms with Gasteiger partial charge in [-0.25, -0.2) is 9.78 Å². The first-order valence-electron chi connectivity index (χ1n) is 7.19. The second kappa shape index (κ2) is 6.25. The summed E-state index contributed by atoms with van der Waals surface area (Å²) in [6, 6.07) is 3.93. The quantitative estimate of drug-likeness (QED) is 0.678. The summed E-state index contributed by atoms with van der Waals surface area (Å²) < 4.78 is 6.81.